The smallest absolute Gasteiger partial charge is 0.252 e. The van der Waals surface area contributed by atoms with Gasteiger partial charge < -0.3 is 14.4 Å². The molecule has 3 heterocycles. The highest BCUT2D eigenvalue weighted by Gasteiger charge is 2.50. The molecular formula is C120H102BN3Si3. The predicted octanol–water partition coefficient (Wildman–Crippen LogP) is 20.2. The molecule has 0 saturated carbocycles. The number of aromatic nitrogens is 1. The zero-order chi connectivity index (χ0) is 86.4. The van der Waals surface area contributed by atoms with Crippen LogP contribution < -0.4 is 88.4 Å². The Morgan fingerprint density at radius 1 is 0.197 bits per heavy atom. The van der Waals surface area contributed by atoms with Gasteiger partial charge in [-0.25, -0.2) is 0 Å². The van der Waals surface area contributed by atoms with Gasteiger partial charge in [0, 0.05) is 44.9 Å². The molecular weight excluding hydrogens is 1580 g/mol. The van der Waals surface area contributed by atoms with Crippen LogP contribution in [0.2, 0.25) is 0 Å². The van der Waals surface area contributed by atoms with Crippen LogP contribution in [0.1, 0.15) is 79.0 Å². The highest BCUT2D eigenvalue weighted by atomic mass is 28.3. The van der Waals surface area contributed by atoms with E-state index in [1.807, 2.05) is 0 Å². The van der Waals surface area contributed by atoms with Crippen molar-refractivity contribution in [3.8, 4) is 27.9 Å². The fraction of sp³-hybridized carbons (Fsp3) is 0.100. The Kier molecular flexibility index (Phi) is 20.2. The molecule has 2 aliphatic rings. The summed E-state index contributed by atoms with van der Waals surface area (Å²) in [4.78, 5) is 5.53. The molecule has 0 bridgehead atoms. The van der Waals surface area contributed by atoms with E-state index < -0.39 is 24.2 Å². The molecule has 0 spiro atoms. The van der Waals surface area contributed by atoms with Crippen LogP contribution >= 0.6 is 0 Å². The van der Waals surface area contributed by atoms with E-state index >= 15 is 0 Å². The van der Waals surface area contributed by atoms with Gasteiger partial charge in [-0.3, -0.25) is 0 Å². The minimum Gasteiger partial charge on any atom is -0.311 e. The number of rotatable bonds is 17. The van der Waals surface area contributed by atoms with Crippen molar-refractivity contribution in [2.24, 2.45) is 0 Å². The first-order valence-corrected chi connectivity index (χ1v) is 51.0. The minimum absolute atomic E-state index is 0.130. The van der Waals surface area contributed by atoms with Gasteiger partial charge in [-0.2, -0.15) is 0 Å². The molecule has 612 valence electrons. The van der Waals surface area contributed by atoms with Crippen molar-refractivity contribution in [2.45, 2.75) is 78.6 Å². The lowest BCUT2D eigenvalue weighted by molar-refractivity contribution is 0.590. The maximum absolute atomic E-state index is 3.37. The van der Waals surface area contributed by atoms with E-state index in [2.05, 4.69) is 532 Å². The van der Waals surface area contributed by atoms with Crippen molar-refractivity contribution >= 4 is 165 Å². The maximum Gasteiger partial charge on any atom is 0.252 e. The molecule has 18 aromatic carbocycles. The molecule has 7 heteroatoms. The van der Waals surface area contributed by atoms with E-state index in [4.69, 9.17) is 0 Å². The summed E-state index contributed by atoms with van der Waals surface area (Å²) in [5, 5.41) is 18.1. The third kappa shape index (κ3) is 13.6. The van der Waals surface area contributed by atoms with Gasteiger partial charge in [0.15, 0.2) is 24.2 Å². The SMILES string of the molecule is CC(C)(C)c1ccc2c(c1)B1c3ccc([Si](c4ccccc4)(c4ccccc4)c4ccccc4)cc3N(c3cc(-c4ccccc4)cc([Si](c4ccccc4)(c4ccccc4)c4ccccc4)c3)c3cc(-n4c5ccc(C(C)(C)C)cc5c5cc(C(C)(C)C)ccc54)cc(c31)N2c1cc(-c2ccccc2)cc([Si](c2ccccc2)(c2ccccc2)c2ccccc2)c1. The molecule has 0 N–H and O–H groups in total. The summed E-state index contributed by atoms with van der Waals surface area (Å²) < 4.78 is 2.64. The summed E-state index contributed by atoms with van der Waals surface area (Å²) in [5.74, 6) is 0. The molecule has 0 atom stereocenters. The van der Waals surface area contributed by atoms with Gasteiger partial charge in [0.25, 0.3) is 6.71 Å². The van der Waals surface area contributed by atoms with E-state index in [0.29, 0.717) is 0 Å². The van der Waals surface area contributed by atoms with E-state index in [1.165, 1.54) is 106 Å². The van der Waals surface area contributed by atoms with Gasteiger partial charge >= 0.3 is 0 Å². The molecule has 0 radical (unpaired) electrons. The Labute approximate surface area is 752 Å². The summed E-state index contributed by atoms with van der Waals surface area (Å²) in [6.45, 7) is 21.0. The van der Waals surface area contributed by atoms with E-state index in [9.17, 15) is 0 Å². The normalized spacial score (nSPS) is 12.9. The summed E-state index contributed by atoms with van der Waals surface area (Å²) >= 11 is 0. The molecule has 0 fully saturated rings. The second-order valence-electron chi connectivity index (χ2n) is 37.9. The number of anilines is 6. The lowest BCUT2D eigenvalue weighted by Gasteiger charge is -2.46. The van der Waals surface area contributed by atoms with Crippen molar-refractivity contribution in [1.29, 1.82) is 0 Å². The predicted molar refractivity (Wildman–Crippen MR) is 553 cm³/mol. The molecule has 2 aliphatic heterocycles. The second-order valence-corrected chi connectivity index (χ2v) is 49.3. The van der Waals surface area contributed by atoms with Gasteiger partial charge in [0.2, 0.25) is 0 Å². The van der Waals surface area contributed by atoms with Crippen LogP contribution in [0.15, 0.2) is 455 Å². The average molecular weight is 1680 g/mol. The van der Waals surface area contributed by atoms with E-state index in [-0.39, 0.29) is 23.0 Å². The van der Waals surface area contributed by atoms with Gasteiger partial charge in [-0.05, 0) is 207 Å². The monoisotopic (exact) mass is 1680 g/mol. The van der Waals surface area contributed by atoms with Crippen LogP contribution in [0.25, 0.3) is 49.7 Å². The molecule has 3 nitrogen and oxygen atoms in total. The highest BCUT2D eigenvalue weighted by molar-refractivity contribution is 7.21. The first-order valence-electron chi connectivity index (χ1n) is 45.0. The van der Waals surface area contributed by atoms with E-state index in [0.717, 1.165) is 73.1 Å². The minimum atomic E-state index is -3.37. The van der Waals surface area contributed by atoms with Crippen molar-refractivity contribution < 1.29 is 0 Å². The third-order valence-corrected chi connectivity index (χ3v) is 41.7. The van der Waals surface area contributed by atoms with Crippen LogP contribution in [0, 0.1) is 0 Å². The molecule has 21 rings (SSSR count). The number of hydrogen-bond donors (Lipinski definition) is 0. The molecule has 0 amide bonds. The first-order chi connectivity index (χ1) is 61.9. The lowest BCUT2D eigenvalue weighted by atomic mass is 9.33. The van der Waals surface area contributed by atoms with Crippen molar-refractivity contribution in [2.75, 3.05) is 9.80 Å². The first kappa shape index (κ1) is 80.2. The second kappa shape index (κ2) is 31.9. The summed E-state index contributed by atoms with van der Waals surface area (Å²) in [5.41, 5.74) is 21.7. The molecule has 0 unspecified atom stereocenters. The summed E-state index contributed by atoms with van der Waals surface area (Å²) in [6, 6.07) is 177. The van der Waals surface area contributed by atoms with Crippen LogP contribution in [-0.2, 0) is 16.2 Å². The number of fused-ring (bicyclic) bond motifs is 7. The number of hydrogen-bond acceptors (Lipinski definition) is 2. The Morgan fingerprint density at radius 3 is 0.811 bits per heavy atom. The molecule has 0 saturated heterocycles. The van der Waals surface area contributed by atoms with Crippen LogP contribution in [0.5, 0.6) is 0 Å². The number of nitrogens with zero attached hydrogens (tertiary/aromatic N) is 3. The molecule has 19 aromatic rings. The average Bonchev–Trinajstić information content (AvgIpc) is 1.36. The number of benzene rings is 18. The van der Waals surface area contributed by atoms with Gasteiger partial charge in [0.1, 0.15) is 0 Å². The topological polar surface area (TPSA) is 11.4 Å². The Morgan fingerprint density at radius 2 is 0.488 bits per heavy atom. The fourth-order valence-corrected chi connectivity index (χ4v) is 35.7. The van der Waals surface area contributed by atoms with Crippen molar-refractivity contribution in [1.82, 2.24) is 4.57 Å². The van der Waals surface area contributed by atoms with Crippen LogP contribution in [0.4, 0.5) is 34.1 Å². The molecule has 1 aromatic heterocycles. The zero-order valence-electron chi connectivity index (χ0n) is 73.7. The van der Waals surface area contributed by atoms with Gasteiger partial charge in [-0.15, -0.1) is 0 Å². The third-order valence-electron chi connectivity index (χ3n) is 27.4. The van der Waals surface area contributed by atoms with Crippen LogP contribution in [-0.4, -0.2) is 35.5 Å². The largest absolute Gasteiger partial charge is 0.311 e. The Hall–Kier alpha value is -13.9. The van der Waals surface area contributed by atoms with Crippen molar-refractivity contribution in [3.05, 3.63) is 472 Å². The molecule has 0 aliphatic carbocycles. The highest BCUT2D eigenvalue weighted by Crippen LogP contribution is 2.49. The van der Waals surface area contributed by atoms with E-state index in [1.54, 1.807) is 0 Å². The summed E-state index contributed by atoms with van der Waals surface area (Å²) in [6.07, 6.45) is 0. The summed E-state index contributed by atoms with van der Waals surface area (Å²) in [7, 11) is -10.00. The zero-order valence-corrected chi connectivity index (χ0v) is 76.7. The lowest BCUT2D eigenvalue weighted by Crippen LogP contribution is -2.75. The Bertz CT molecular complexity index is 6920. The van der Waals surface area contributed by atoms with Gasteiger partial charge in [-0.1, -0.05) is 444 Å². The van der Waals surface area contributed by atoms with Crippen molar-refractivity contribution in [3.63, 3.8) is 0 Å². The molecule has 127 heavy (non-hydrogen) atoms. The van der Waals surface area contributed by atoms with Crippen LogP contribution in [0.3, 0.4) is 0 Å². The quantitative estimate of drug-likeness (QED) is 0.0665. The maximum atomic E-state index is 2.79. The Balaban J connectivity index is 0.975. The fourth-order valence-electron chi connectivity index (χ4n) is 21.3. The standard InChI is InChI=1S/C120H102BN3Si3/c1-118(2,3)89-65-70-111-107(77-89)108-78-90(119(4,5)6)66-71-112(108)122(111)94-82-115-117-116(83-94)124(93-74-88(86-45-23-11-24-46-86)76-106(81-93)127(101-59-37-18-38-60-101,102-61-39-19-40-62-102)103-63-41-20-42-64-103)114-84-104(125(95-47-25-12-26-48-95,96-49-27-13-28-50-96)97-51-29-14-30-52-97)68-69-109(114)121(117)110-79-91(120(7,8)9)67-72-113(110)123(115)92-73-87(85-43-21-10-22-44-85)75-105(80-92)126(98-53-31-15-32-54-98,99-55-33-16-34-56-99)100-57-35-17-36-58-100/h10-84H,1-9H3. The van der Waals surface area contributed by atoms with Gasteiger partial charge in [0.05, 0.1) is 16.7 Å².